The predicted octanol–water partition coefficient (Wildman–Crippen LogP) is 3.18. The third kappa shape index (κ3) is 5.11. The number of benzene rings is 1. The van der Waals surface area contributed by atoms with Crippen LogP contribution in [0.5, 0.6) is 0 Å². The maximum Gasteiger partial charge on any atom is 0.330 e. The summed E-state index contributed by atoms with van der Waals surface area (Å²) in [5.74, 6) is 1.55. The van der Waals surface area contributed by atoms with Gasteiger partial charge < -0.3 is 4.74 Å². The third-order valence-corrected chi connectivity index (χ3v) is 3.57. The number of carbonyl (C=O) groups is 1. The zero-order valence-corrected chi connectivity index (χ0v) is 12.8. The minimum atomic E-state index is -0.320. The standard InChI is InChI=1S/C16H18N2O2S/c1-2-21-11-10-20-16(19)9-8-14-12-17-18(13-14)15-6-4-3-5-7-15/h3-9,12-13H,2,10-11H2,1H3. The lowest BCUT2D eigenvalue weighted by Gasteiger charge is -1.99. The fourth-order valence-electron chi connectivity index (χ4n) is 1.70. The first kappa shape index (κ1) is 15.4. The van der Waals surface area contributed by atoms with E-state index in [1.54, 1.807) is 28.7 Å². The van der Waals surface area contributed by atoms with Gasteiger partial charge in [-0.25, -0.2) is 9.48 Å². The van der Waals surface area contributed by atoms with E-state index in [-0.39, 0.29) is 5.97 Å². The van der Waals surface area contributed by atoms with Gasteiger partial charge in [-0.1, -0.05) is 25.1 Å². The molecule has 0 amide bonds. The Kier molecular flexibility index (Phi) is 6.09. The van der Waals surface area contributed by atoms with Crippen LogP contribution in [0, 0.1) is 0 Å². The number of esters is 1. The summed E-state index contributed by atoms with van der Waals surface area (Å²) in [6.45, 7) is 2.53. The van der Waals surface area contributed by atoms with Crippen molar-refractivity contribution in [2.24, 2.45) is 0 Å². The van der Waals surface area contributed by atoms with E-state index in [4.69, 9.17) is 4.74 Å². The van der Waals surface area contributed by atoms with Crippen LogP contribution >= 0.6 is 11.8 Å². The fourth-order valence-corrected chi connectivity index (χ4v) is 2.19. The van der Waals surface area contributed by atoms with E-state index in [1.165, 1.54) is 6.08 Å². The molecule has 1 heterocycles. The average molecular weight is 302 g/mol. The molecular weight excluding hydrogens is 284 g/mol. The van der Waals surface area contributed by atoms with E-state index in [9.17, 15) is 4.79 Å². The lowest BCUT2D eigenvalue weighted by atomic mass is 10.3. The summed E-state index contributed by atoms with van der Waals surface area (Å²) in [7, 11) is 0. The molecule has 0 aliphatic heterocycles. The number of hydrogen-bond donors (Lipinski definition) is 0. The van der Waals surface area contributed by atoms with Crippen LogP contribution in [-0.2, 0) is 9.53 Å². The molecule has 0 saturated carbocycles. The van der Waals surface area contributed by atoms with Crippen LogP contribution in [0.15, 0.2) is 48.8 Å². The van der Waals surface area contributed by atoms with Gasteiger partial charge in [0.1, 0.15) is 6.61 Å². The normalized spacial score (nSPS) is 10.9. The van der Waals surface area contributed by atoms with Gasteiger partial charge in [0.25, 0.3) is 0 Å². The number of aromatic nitrogens is 2. The molecule has 0 radical (unpaired) electrons. The van der Waals surface area contributed by atoms with Crippen LogP contribution in [0.4, 0.5) is 0 Å². The topological polar surface area (TPSA) is 44.1 Å². The highest BCUT2D eigenvalue weighted by atomic mass is 32.2. The summed E-state index contributed by atoms with van der Waals surface area (Å²) in [5.41, 5.74) is 1.84. The van der Waals surface area contributed by atoms with Crippen molar-refractivity contribution in [3.63, 3.8) is 0 Å². The summed E-state index contributed by atoms with van der Waals surface area (Å²) in [6.07, 6.45) is 6.72. The van der Waals surface area contributed by atoms with Crippen LogP contribution < -0.4 is 0 Å². The van der Waals surface area contributed by atoms with E-state index in [1.807, 2.05) is 36.5 Å². The van der Waals surface area contributed by atoms with Crippen molar-refractivity contribution in [1.29, 1.82) is 0 Å². The number of para-hydroxylation sites is 1. The maximum atomic E-state index is 11.5. The second-order valence-corrected chi connectivity index (χ2v) is 5.65. The number of ether oxygens (including phenoxy) is 1. The van der Waals surface area contributed by atoms with Crippen molar-refractivity contribution in [2.75, 3.05) is 18.1 Å². The van der Waals surface area contributed by atoms with Gasteiger partial charge >= 0.3 is 5.97 Å². The Hall–Kier alpha value is -2.01. The molecule has 4 nitrogen and oxygen atoms in total. The molecule has 0 bridgehead atoms. The fraction of sp³-hybridized carbons (Fsp3) is 0.250. The smallest absolute Gasteiger partial charge is 0.330 e. The SMILES string of the molecule is CCSCCOC(=O)C=Cc1cnn(-c2ccccc2)c1. The van der Waals surface area contributed by atoms with E-state index in [2.05, 4.69) is 12.0 Å². The summed E-state index contributed by atoms with van der Waals surface area (Å²) in [4.78, 5) is 11.5. The largest absolute Gasteiger partial charge is 0.462 e. The summed E-state index contributed by atoms with van der Waals surface area (Å²) < 4.78 is 6.85. The number of thioether (sulfide) groups is 1. The third-order valence-electron chi connectivity index (χ3n) is 2.71. The molecule has 110 valence electrons. The minimum Gasteiger partial charge on any atom is -0.462 e. The van der Waals surface area contributed by atoms with E-state index in [0.29, 0.717) is 6.61 Å². The van der Waals surface area contributed by atoms with Crippen molar-refractivity contribution in [3.8, 4) is 5.69 Å². The van der Waals surface area contributed by atoms with Gasteiger partial charge in [-0.3, -0.25) is 0 Å². The molecule has 0 aliphatic rings. The Bertz CT molecular complexity index is 593. The Balaban J connectivity index is 1.87. The maximum absolute atomic E-state index is 11.5. The molecule has 0 unspecified atom stereocenters. The van der Waals surface area contributed by atoms with E-state index < -0.39 is 0 Å². The van der Waals surface area contributed by atoms with Crippen molar-refractivity contribution >= 4 is 23.8 Å². The monoisotopic (exact) mass is 302 g/mol. The molecule has 0 saturated heterocycles. The summed E-state index contributed by atoms with van der Waals surface area (Å²) >= 11 is 1.75. The first-order chi connectivity index (χ1) is 10.3. The van der Waals surface area contributed by atoms with Gasteiger partial charge in [0.2, 0.25) is 0 Å². The molecular formula is C16H18N2O2S. The zero-order valence-electron chi connectivity index (χ0n) is 11.9. The van der Waals surface area contributed by atoms with Crippen LogP contribution in [0.1, 0.15) is 12.5 Å². The number of hydrogen-bond acceptors (Lipinski definition) is 4. The Labute approximate surface area is 128 Å². The minimum absolute atomic E-state index is 0.320. The molecule has 1 aromatic carbocycles. The van der Waals surface area contributed by atoms with Gasteiger partial charge in [0.05, 0.1) is 11.9 Å². The lowest BCUT2D eigenvalue weighted by Crippen LogP contribution is -2.04. The van der Waals surface area contributed by atoms with E-state index in [0.717, 1.165) is 22.8 Å². The quantitative estimate of drug-likeness (QED) is 0.447. The van der Waals surface area contributed by atoms with Crippen molar-refractivity contribution in [2.45, 2.75) is 6.92 Å². The highest BCUT2D eigenvalue weighted by Gasteiger charge is 2.00. The number of nitrogens with zero attached hydrogens (tertiary/aromatic N) is 2. The van der Waals surface area contributed by atoms with Crippen LogP contribution in [0.2, 0.25) is 0 Å². The second-order valence-electron chi connectivity index (χ2n) is 4.25. The van der Waals surface area contributed by atoms with Crippen molar-refractivity contribution in [3.05, 3.63) is 54.4 Å². The molecule has 0 fully saturated rings. The Morgan fingerprint density at radius 1 is 1.38 bits per heavy atom. The van der Waals surface area contributed by atoms with E-state index >= 15 is 0 Å². The van der Waals surface area contributed by atoms with Crippen molar-refractivity contribution in [1.82, 2.24) is 9.78 Å². The molecule has 0 aliphatic carbocycles. The highest BCUT2D eigenvalue weighted by Crippen LogP contribution is 2.08. The van der Waals surface area contributed by atoms with Gasteiger partial charge in [-0.2, -0.15) is 16.9 Å². The number of rotatable bonds is 7. The first-order valence-electron chi connectivity index (χ1n) is 6.82. The van der Waals surface area contributed by atoms with Crippen LogP contribution in [0.3, 0.4) is 0 Å². The molecule has 21 heavy (non-hydrogen) atoms. The highest BCUT2D eigenvalue weighted by molar-refractivity contribution is 7.99. The predicted molar refractivity (Wildman–Crippen MR) is 86.6 cm³/mol. The molecule has 1 aromatic heterocycles. The van der Waals surface area contributed by atoms with Gasteiger partial charge in [0.15, 0.2) is 0 Å². The van der Waals surface area contributed by atoms with Gasteiger partial charge in [-0.05, 0) is 24.0 Å². The second kappa shape index (κ2) is 8.32. The molecule has 0 atom stereocenters. The number of carbonyl (C=O) groups excluding carboxylic acids is 1. The molecule has 2 aromatic rings. The molecule has 5 heteroatoms. The van der Waals surface area contributed by atoms with Crippen LogP contribution in [-0.4, -0.2) is 33.9 Å². The lowest BCUT2D eigenvalue weighted by molar-refractivity contribution is -0.137. The summed E-state index contributed by atoms with van der Waals surface area (Å²) in [5, 5.41) is 4.26. The molecule has 2 rings (SSSR count). The van der Waals surface area contributed by atoms with Crippen molar-refractivity contribution < 1.29 is 9.53 Å². The molecule has 0 spiro atoms. The average Bonchev–Trinajstić information content (AvgIpc) is 2.99. The first-order valence-corrected chi connectivity index (χ1v) is 7.97. The molecule has 0 N–H and O–H groups in total. The Morgan fingerprint density at radius 3 is 2.95 bits per heavy atom. The summed E-state index contributed by atoms with van der Waals surface area (Å²) in [6, 6.07) is 9.82. The van der Waals surface area contributed by atoms with Crippen LogP contribution in [0.25, 0.3) is 11.8 Å². The van der Waals surface area contributed by atoms with Gasteiger partial charge in [0, 0.05) is 23.6 Å². The Morgan fingerprint density at radius 2 is 2.19 bits per heavy atom. The van der Waals surface area contributed by atoms with Gasteiger partial charge in [-0.15, -0.1) is 0 Å². The zero-order chi connectivity index (χ0) is 14.9.